The Kier molecular flexibility index (Phi) is 5.98. The predicted octanol–water partition coefficient (Wildman–Crippen LogP) is 1.20. The van der Waals surface area contributed by atoms with E-state index in [0.717, 1.165) is 18.7 Å². The van der Waals surface area contributed by atoms with Crippen LogP contribution in [0.15, 0.2) is 29.2 Å². The third-order valence-electron chi connectivity index (χ3n) is 3.13. The molecule has 2 N–H and O–H groups in total. The summed E-state index contributed by atoms with van der Waals surface area (Å²) in [6, 6.07) is 6.73. The standard InChI is InChI=1S/C14H22N2O4S/c1-2-7-15-12-3-5-14(6-4-12)21(17,18)16-10-13-11-19-8-9-20-13/h3-6,13,15-16H,2,7-11H2,1H3. The summed E-state index contributed by atoms with van der Waals surface area (Å²) >= 11 is 0. The van der Waals surface area contributed by atoms with Crippen molar-refractivity contribution in [1.82, 2.24) is 4.72 Å². The molecule has 21 heavy (non-hydrogen) atoms. The SMILES string of the molecule is CCCNc1ccc(S(=O)(=O)NCC2COCCO2)cc1. The first-order chi connectivity index (χ1) is 10.1. The number of anilines is 1. The summed E-state index contributed by atoms with van der Waals surface area (Å²) in [4.78, 5) is 0.251. The van der Waals surface area contributed by atoms with Crippen LogP contribution in [0.25, 0.3) is 0 Å². The van der Waals surface area contributed by atoms with Gasteiger partial charge in [0.15, 0.2) is 0 Å². The van der Waals surface area contributed by atoms with Crippen molar-refractivity contribution in [2.75, 3.05) is 38.2 Å². The Morgan fingerprint density at radius 1 is 1.24 bits per heavy atom. The molecule has 2 rings (SSSR count). The van der Waals surface area contributed by atoms with Crippen molar-refractivity contribution >= 4 is 15.7 Å². The van der Waals surface area contributed by atoms with E-state index in [-0.39, 0.29) is 17.5 Å². The van der Waals surface area contributed by atoms with Gasteiger partial charge in [0.25, 0.3) is 0 Å². The van der Waals surface area contributed by atoms with Gasteiger partial charge >= 0.3 is 0 Å². The number of ether oxygens (including phenoxy) is 2. The number of hydrogen-bond acceptors (Lipinski definition) is 5. The molecule has 1 atom stereocenters. The van der Waals surface area contributed by atoms with Crippen LogP contribution in [0.4, 0.5) is 5.69 Å². The van der Waals surface area contributed by atoms with Crippen LogP contribution >= 0.6 is 0 Å². The van der Waals surface area contributed by atoms with E-state index >= 15 is 0 Å². The predicted molar refractivity (Wildman–Crippen MR) is 81.0 cm³/mol. The van der Waals surface area contributed by atoms with Crippen molar-refractivity contribution in [3.8, 4) is 0 Å². The van der Waals surface area contributed by atoms with E-state index in [4.69, 9.17) is 9.47 Å². The van der Waals surface area contributed by atoms with Gasteiger partial charge in [0, 0.05) is 18.8 Å². The average molecular weight is 314 g/mol. The zero-order valence-corrected chi connectivity index (χ0v) is 13.0. The first-order valence-corrected chi connectivity index (χ1v) is 8.63. The highest BCUT2D eigenvalue weighted by molar-refractivity contribution is 7.89. The minimum Gasteiger partial charge on any atom is -0.385 e. The molecule has 1 aliphatic rings. The Morgan fingerprint density at radius 2 is 2.00 bits per heavy atom. The Hall–Kier alpha value is -1.15. The van der Waals surface area contributed by atoms with Crippen molar-refractivity contribution in [3.05, 3.63) is 24.3 Å². The Morgan fingerprint density at radius 3 is 2.62 bits per heavy atom. The van der Waals surface area contributed by atoms with Gasteiger partial charge < -0.3 is 14.8 Å². The molecule has 0 radical (unpaired) electrons. The molecule has 1 aliphatic heterocycles. The quantitative estimate of drug-likeness (QED) is 0.791. The van der Waals surface area contributed by atoms with E-state index in [1.54, 1.807) is 24.3 Å². The molecule has 0 spiro atoms. The molecule has 1 fully saturated rings. The van der Waals surface area contributed by atoms with Crippen LogP contribution in [-0.2, 0) is 19.5 Å². The largest absolute Gasteiger partial charge is 0.385 e. The molecule has 0 bridgehead atoms. The summed E-state index contributed by atoms with van der Waals surface area (Å²) in [6.07, 6.45) is 0.796. The second-order valence-electron chi connectivity index (χ2n) is 4.87. The van der Waals surface area contributed by atoms with Gasteiger partial charge in [0.2, 0.25) is 10.0 Å². The van der Waals surface area contributed by atoms with Crippen LogP contribution in [0, 0.1) is 0 Å². The molecule has 0 saturated carbocycles. The van der Waals surface area contributed by atoms with Gasteiger partial charge in [-0.2, -0.15) is 0 Å². The lowest BCUT2D eigenvalue weighted by atomic mass is 10.3. The van der Waals surface area contributed by atoms with Crippen molar-refractivity contribution in [3.63, 3.8) is 0 Å². The highest BCUT2D eigenvalue weighted by Gasteiger charge is 2.19. The molecule has 1 heterocycles. The van der Waals surface area contributed by atoms with Crippen molar-refractivity contribution in [2.24, 2.45) is 0 Å². The first-order valence-electron chi connectivity index (χ1n) is 7.15. The first kappa shape index (κ1) is 16.2. The van der Waals surface area contributed by atoms with Crippen molar-refractivity contribution < 1.29 is 17.9 Å². The summed E-state index contributed by atoms with van der Waals surface area (Å²) in [7, 11) is -3.51. The summed E-state index contributed by atoms with van der Waals surface area (Å²) in [5.74, 6) is 0. The smallest absolute Gasteiger partial charge is 0.240 e. The van der Waals surface area contributed by atoms with Gasteiger partial charge in [-0.15, -0.1) is 0 Å². The van der Waals surface area contributed by atoms with Crippen LogP contribution in [-0.4, -0.2) is 47.4 Å². The van der Waals surface area contributed by atoms with E-state index in [1.807, 2.05) is 0 Å². The van der Waals surface area contributed by atoms with Crippen molar-refractivity contribution in [2.45, 2.75) is 24.3 Å². The molecule has 1 aromatic rings. The lowest BCUT2D eigenvalue weighted by molar-refractivity contribution is -0.0846. The highest BCUT2D eigenvalue weighted by Crippen LogP contribution is 2.14. The minimum atomic E-state index is -3.51. The van der Waals surface area contributed by atoms with Crippen LogP contribution in [0.1, 0.15) is 13.3 Å². The molecular weight excluding hydrogens is 292 g/mol. The summed E-state index contributed by atoms with van der Waals surface area (Å²) in [6.45, 7) is 4.65. The molecule has 6 nitrogen and oxygen atoms in total. The molecular formula is C14H22N2O4S. The molecule has 0 aliphatic carbocycles. The van der Waals surface area contributed by atoms with Crippen LogP contribution in [0.5, 0.6) is 0 Å². The fourth-order valence-electron chi connectivity index (χ4n) is 1.96. The van der Waals surface area contributed by atoms with Gasteiger partial charge in [-0.05, 0) is 30.7 Å². The topological polar surface area (TPSA) is 76.7 Å². The monoisotopic (exact) mass is 314 g/mol. The minimum absolute atomic E-state index is 0.220. The summed E-state index contributed by atoms with van der Waals surface area (Å²) in [5.41, 5.74) is 0.916. The van der Waals surface area contributed by atoms with Gasteiger partial charge in [-0.3, -0.25) is 0 Å². The number of sulfonamides is 1. The van der Waals surface area contributed by atoms with Gasteiger partial charge in [0.05, 0.1) is 30.8 Å². The van der Waals surface area contributed by atoms with Gasteiger partial charge in [-0.1, -0.05) is 6.92 Å². The third-order valence-corrected chi connectivity index (χ3v) is 4.57. The van der Waals surface area contributed by atoms with E-state index in [2.05, 4.69) is 17.0 Å². The normalized spacial score (nSPS) is 19.4. The second-order valence-corrected chi connectivity index (χ2v) is 6.64. The molecule has 7 heteroatoms. The van der Waals surface area contributed by atoms with E-state index in [1.165, 1.54) is 0 Å². The fourth-order valence-corrected chi connectivity index (χ4v) is 3.03. The number of rotatable bonds is 7. The van der Waals surface area contributed by atoms with Crippen LogP contribution in [0.2, 0.25) is 0 Å². The number of benzene rings is 1. The fraction of sp³-hybridized carbons (Fsp3) is 0.571. The molecule has 0 amide bonds. The maximum Gasteiger partial charge on any atom is 0.240 e. The van der Waals surface area contributed by atoms with Gasteiger partial charge in [0.1, 0.15) is 0 Å². The lowest BCUT2D eigenvalue weighted by Crippen LogP contribution is -2.39. The molecule has 1 aromatic carbocycles. The maximum absolute atomic E-state index is 12.2. The lowest BCUT2D eigenvalue weighted by Gasteiger charge is -2.23. The number of hydrogen-bond donors (Lipinski definition) is 2. The highest BCUT2D eigenvalue weighted by atomic mass is 32.2. The molecule has 0 aromatic heterocycles. The third kappa shape index (κ3) is 4.96. The average Bonchev–Trinajstić information content (AvgIpc) is 2.52. The Labute approximate surface area is 125 Å². The second kappa shape index (κ2) is 7.74. The molecule has 1 unspecified atom stereocenters. The summed E-state index contributed by atoms with van der Waals surface area (Å²) < 4.78 is 37.5. The van der Waals surface area contributed by atoms with Crippen LogP contribution < -0.4 is 10.0 Å². The number of nitrogens with one attached hydrogen (secondary N) is 2. The van der Waals surface area contributed by atoms with E-state index < -0.39 is 10.0 Å². The van der Waals surface area contributed by atoms with Crippen LogP contribution in [0.3, 0.4) is 0 Å². The Bertz CT molecular complexity index is 524. The molecule has 118 valence electrons. The van der Waals surface area contributed by atoms with E-state index in [0.29, 0.717) is 19.8 Å². The summed E-state index contributed by atoms with van der Waals surface area (Å²) in [5, 5.41) is 3.20. The molecule has 1 saturated heterocycles. The zero-order chi connectivity index (χ0) is 15.1. The van der Waals surface area contributed by atoms with Gasteiger partial charge in [-0.25, -0.2) is 13.1 Å². The van der Waals surface area contributed by atoms with E-state index in [9.17, 15) is 8.42 Å². The Balaban J connectivity index is 1.91. The zero-order valence-electron chi connectivity index (χ0n) is 12.2. The maximum atomic E-state index is 12.2. The van der Waals surface area contributed by atoms with Crippen molar-refractivity contribution in [1.29, 1.82) is 0 Å².